The van der Waals surface area contributed by atoms with Gasteiger partial charge in [-0.1, -0.05) is 13.3 Å². The van der Waals surface area contributed by atoms with Crippen LogP contribution in [-0.4, -0.2) is 41.1 Å². The summed E-state index contributed by atoms with van der Waals surface area (Å²) in [6.07, 6.45) is 6.04. The van der Waals surface area contributed by atoms with E-state index in [1.54, 1.807) is 0 Å². The van der Waals surface area contributed by atoms with Crippen LogP contribution in [0.3, 0.4) is 0 Å². The largest absolute Gasteiger partial charge is 0.338 e. The summed E-state index contributed by atoms with van der Waals surface area (Å²) >= 11 is 1.83. The molecule has 0 aromatic rings. The third kappa shape index (κ3) is 2.72. The molecule has 3 nitrogen and oxygen atoms in total. The molecule has 4 heteroatoms. The average molecular weight is 242 g/mol. The highest BCUT2D eigenvalue weighted by molar-refractivity contribution is 7.99. The zero-order chi connectivity index (χ0) is 11.4. The van der Waals surface area contributed by atoms with Crippen molar-refractivity contribution in [1.82, 2.24) is 10.2 Å². The SMILES string of the molecule is CCCC1CCCCN1C(=O)C1CSCN1. The Labute approximate surface area is 102 Å². The van der Waals surface area contributed by atoms with E-state index in [9.17, 15) is 4.79 Å². The minimum absolute atomic E-state index is 0.0856. The highest BCUT2D eigenvalue weighted by atomic mass is 32.2. The Morgan fingerprint density at radius 2 is 2.38 bits per heavy atom. The van der Waals surface area contributed by atoms with Gasteiger partial charge in [0.2, 0.25) is 5.91 Å². The van der Waals surface area contributed by atoms with Crippen molar-refractivity contribution in [2.45, 2.75) is 51.1 Å². The Bertz CT molecular complexity index is 239. The summed E-state index contributed by atoms with van der Waals surface area (Å²) in [6.45, 7) is 3.19. The number of nitrogens with one attached hydrogen (secondary N) is 1. The van der Waals surface area contributed by atoms with Crippen molar-refractivity contribution >= 4 is 17.7 Å². The Kier molecular flexibility index (Phi) is 4.53. The van der Waals surface area contributed by atoms with Crippen molar-refractivity contribution < 1.29 is 4.79 Å². The Hall–Kier alpha value is -0.220. The minimum Gasteiger partial charge on any atom is -0.338 e. The maximum atomic E-state index is 12.3. The van der Waals surface area contributed by atoms with Crippen LogP contribution in [-0.2, 0) is 4.79 Å². The van der Waals surface area contributed by atoms with Crippen molar-refractivity contribution in [3.05, 3.63) is 0 Å². The van der Waals surface area contributed by atoms with Gasteiger partial charge in [0.05, 0.1) is 6.04 Å². The van der Waals surface area contributed by atoms with Gasteiger partial charge in [-0.3, -0.25) is 10.1 Å². The predicted molar refractivity (Wildman–Crippen MR) is 68.5 cm³/mol. The van der Waals surface area contributed by atoms with Crippen LogP contribution in [0.25, 0.3) is 0 Å². The first-order chi connectivity index (χ1) is 7.83. The molecule has 2 atom stereocenters. The lowest BCUT2D eigenvalue weighted by Gasteiger charge is -2.37. The van der Waals surface area contributed by atoms with Crippen LogP contribution in [0.2, 0.25) is 0 Å². The van der Waals surface area contributed by atoms with Crippen molar-refractivity contribution in [1.29, 1.82) is 0 Å². The van der Waals surface area contributed by atoms with Crippen LogP contribution in [0.1, 0.15) is 39.0 Å². The van der Waals surface area contributed by atoms with E-state index < -0.39 is 0 Å². The second kappa shape index (κ2) is 5.92. The Balaban J connectivity index is 1.95. The van der Waals surface area contributed by atoms with E-state index >= 15 is 0 Å². The first-order valence-corrected chi connectivity index (χ1v) is 7.60. The standard InChI is InChI=1S/C12H22N2OS/c1-2-5-10-6-3-4-7-14(10)12(15)11-8-16-9-13-11/h10-11,13H,2-9H2,1H3. The highest BCUT2D eigenvalue weighted by Gasteiger charge is 2.32. The van der Waals surface area contributed by atoms with Gasteiger partial charge in [-0.2, -0.15) is 0 Å². The molecular formula is C12H22N2OS. The maximum Gasteiger partial charge on any atom is 0.240 e. The first-order valence-electron chi connectivity index (χ1n) is 6.44. The molecule has 2 heterocycles. The molecule has 0 spiro atoms. The number of carbonyl (C=O) groups is 1. The average Bonchev–Trinajstić information content (AvgIpc) is 2.83. The quantitative estimate of drug-likeness (QED) is 0.819. The van der Waals surface area contributed by atoms with Gasteiger partial charge in [0.25, 0.3) is 0 Å². The van der Waals surface area contributed by atoms with Crippen LogP contribution in [0, 0.1) is 0 Å². The number of amides is 1. The lowest BCUT2D eigenvalue weighted by Crippen LogP contribution is -2.51. The Morgan fingerprint density at radius 1 is 1.50 bits per heavy atom. The maximum absolute atomic E-state index is 12.3. The molecule has 0 radical (unpaired) electrons. The summed E-state index contributed by atoms with van der Waals surface area (Å²) in [7, 11) is 0. The molecule has 1 amide bonds. The van der Waals surface area contributed by atoms with Crippen LogP contribution < -0.4 is 5.32 Å². The molecule has 0 bridgehead atoms. The van der Waals surface area contributed by atoms with Gasteiger partial charge >= 0.3 is 0 Å². The summed E-state index contributed by atoms with van der Waals surface area (Å²) in [4.78, 5) is 14.5. The highest BCUT2D eigenvalue weighted by Crippen LogP contribution is 2.23. The fraction of sp³-hybridized carbons (Fsp3) is 0.917. The second-order valence-corrected chi connectivity index (χ2v) is 5.77. The topological polar surface area (TPSA) is 32.3 Å². The van der Waals surface area contributed by atoms with Gasteiger partial charge < -0.3 is 4.90 Å². The van der Waals surface area contributed by atoms with Gasteiger partial charge in [0, 0.05) is 24.2 Å². The van der Waals surface area contributed by atoms with Crippen molar-refractivity contribution in [3.63, 3.8) is 0 Å². The van der Waals surface area contributed by atoms with Crippen molar-refractivity contribution in [2.24, 2.45) is 0 Å². The summed E-state index contributed by atoms with van der Waals surface area (Å²) in [5, 5.41) is 3.29. The summed E-state index contributed by atoms with van der Waals surface area (Å²) < 4.78 is 0. The van der Waals surface area contributed by atoms with Gasteiger partial charge in [0.1, 0.15) is 0 Å². The molecule has 1 N–H and O–H groups in total. The predicted octanol–water partition coefficient (Wildman–Crippen LogP) is 1.83. The van der Waals surface area contributed by atoms with Crippen LogP contribution in [0.4, 0.5) is 0 Å². The zero-order valence-corrected chi connectivity index (χ0v) is 10.9. The number of nitrogens with zero attached hydrogens (tertiary/aromatic N) is 1. The summed E-state index contributed by atoms with van der Waals surface area (Å²) in [5.74, 6) is 2.24. The normalized spacial score (nSPS) is 30.7. The van der Waals surface area contributed by atoms with E-state index in [1.807, 2.05) is 11.8 Å². The molecule has 0 saturated carbocycles. The number of piperidine rings is 1. The van der Waals surface area contributed by atoms with Crippen LogP contribution in [0.15, 0.2) is 0 Å². The van der Waals surface area contributed by atoms with E-state index in [0.29, 0.717) is 11.9 Å². The molecule has 2 unspecified atom stereocenters. The van der Waals surface area contributed by atoms with E-state index in [-0.39, 0.29) is 6.04 Å². The molecule has 0 aromatic carbocycles. The van der Waals surface area contributed by atoms with Crippen LogP contribution in [0.5, 0.6) is 0 Å². The van der Waals surface area contributed by atoms with Gasteiger partial charge in [-0.15, -0.1) is 11.8 Å². The van der Waals surface area contributed by atoms with Gasteiger partial charge in [-0.25, -0.2) is 0 Å². The number of rotatable bonds is 3. The monoisotopic (exact) mass is 242 g/mol. The molecule has 2 aliphatic heterocycles. The summed E-state index contributed by atoms with van der Waals surface area (Å²) in [6, 6.07) is 0.598. The van der Waals surface area contributed by atoms with Gasteiger partial charge in [0.15, 0.2) is 0 Å². The third-order valence-corrected chi connectivity index (χ3v) is 4.49. The number of hydrogen-bond acceptors (Lipinski definition) is 3. The zero-order valence-electron chi connectivity index (χ0n) is 10.1. The Morgan fingerprint density at radius 3 is 3.06 bits per heavy atom. The smallest absolute Gasteiger partial charge is 0.240 e. The fourth-order valence-corrected chi connectivity index (χ4v) is 3.61. The first kappa shape index (κ1) is 12.2. The minimum atomic E-state index is 0.0856. The molecule has 2 fully saturated rings. The number of likely N-dealkylation sites (tertiary alicyclic amines) is 1. The molecule has 0 aromatic heterocycles. The fourth-order valence-electron chi connectivity index (χ4n) is 2.68. The summed E-state index contributed by atoms with van der Waals surface area (Å²) in [5.41, 5.74) is 0. The molecule has 2 saturated heterocycles. The van der Waals surface area contributed by atoms with E-state index in [0.717, 1.165) is 18.2 Å². The van der Waals surface area contributed by atoms with E-state index in [2.05, 4.69) is 17.1 Å². The van der Waals surface area contributed by atoms with Gasteiger partial charge in [-0.05, 0) is 25.7 Å². The molecule has 16 heavy (non-hydrogen) atoms. The molecular weight excluding hydrogens is 220 g/mol. The molecule has 2 aliphatic rings. The number of thioether (sulfide) groups is 1. The number of carbonyl (C=O) groups excluding carboxylic acids is 1. The third-order valence-electron chi connectivity index (χ3n) is 3.55. The van der Waals surface area contributed by atoms with Crippen LogP contribution >= 0.6 is 11.8 Å². The molecule has 0 aliphatic carbocycles. The lowest BCUT2D eigenvalue weighted by molar-refractivity contribution is -0.136. The second-order valence-electron chi connectivity index (χ2n) is 4.74. The van der Waals surface area contributed by atoms with Crippen molar-refractivity contribution in [3.8, 4) is 0 Å². The van der Waals surface area contributed by atoms with E-state index in [4.69, 9.17) is 0 Å². The van der Waals surface area contributed by atoms with E-state index in [1.165, 1.54) is 32.1 Å². The molecule has 2 rings (SSSR count). The number of hydrogen-bond donors (Lipinski definition) is 1. The van der Waals surface area contributed by atoms with Crippen molar-refractivity contribution in [2.75, 3.05) is 18.2 Å². The molecule has 92 valence electrons. The lowest BCUT2D eigenvalue weighted by atomic mass is 9.97.